The highest BCUT2D eigenvalue weighted by Crippen LogP contribution is 2.43. The summed E-state index contributed by atoms with van der Waals surface area (Å²) in [5.74, 6) is 0.590. The zero-order chi connectivity index (χ0) is 17.0. The number of benzene rings is 2. The van der Waals surface area contributed by atoms with E-state index in [0.717, 1.165) is 0 Å². The quantitative estimate of drug-likeness (QED) is 0.540. The van der Waals surface area contributed by atoms with Gasteiger partial charge in [-0.05, 0) is 39.5 Å². The number of hydrogen-bond donors (Lipinski definition) is 0. The van der Waals surface area contributed by atoms with E-state index in [1.54, 1.807) is 0 Å². The van der Waals surface area contributed by atoms with Crippen molar-refractivity contribution in [1.82, 2.24) is 0 Å². The molecule has 0 aliphatic heterocycles. The molecule has 0 N–H and O–H groups in total. The Kier molecular flexibility index (Phi) is 6.23. The van der Waals surface area contributed by atoms with Crippen LogP contribution in [0.3, 0.4) is 0 Å². The molecule has 0 radical (unpaired) electrons. The van der Waals surface area contributed by atoms with Gasteiger partial charge in [-0.15, -0.1) is 0 Å². The number of rotatable bonds is 2. The molecule has 0 aliphatic carbocycles. The van der Waals surface area contributed by atoms with E-state index < -0.39 is 0 Å². The normalized spacial score (nSPS) is 13.5. The predicted molar refractivity (Wildman–Crippen MR) is 102 cm³/mol. The standard InChI is InChI=1S/C20H28.C2H6/c1-19(2,3)14-18(20(4,5)6)17-12-11-15-9-7-8-10-16(15)13-17;1-2/h7-13,18H,14H2,1-6H3;1-2H3. The lowest BCUT2D eigenvalue weighted by Crippen LogP contribution is -2.23. The molecule has 0 aliphatic rings. The second-order valence-corrected chi connectivity index (χ2v) is 8.29. The zero-order valence-electron chi connectivity index (χ0n) is 15.8. The van der Waals surface area contributed by atoms with Gasteiger partial charge in [0.25, 0.3) is 0 Å². The van der Waals surface area contributed by atoms with Crippen molar-refractivity contribution in [1.29, 1.82) is 0 Å². The Hall–Kier alpha value is -1.30. The SMILES string of the molecule is CC.CC(C)(C)CC(c1ccc2ccccc2c1)C(C)(C)C. The third-order valence-corrected chi connectivity index (χ3v) is 4.04. The largest absolute Gasteiger partial charge is 0.0683 e. The Morgan fingerprint density at radius 1 is 0.773 bits per heavy atom. The average Bonchev–Trinajstić information content (AvgIpc) is 2.44. The van der Waals surface area contributed by atoms with Gasteiger partial charge < -0.3 is 0 Å². The van der Waals surface area contributed by atoms with Gasteiger partial charge >= 0.3 is 0 Å². The van der Waals surface area contributed by atoms with Crippen molar-refractivity contribution in [3.05, 3.63) is 48.0 Å². The number of fused-ring (bicyclic) bond motifs is 1. The Balaban J connectivity index is 0.00000116. The summed E-state index contributed by atoms with van der Waals surface area (Å²) in [5.41, 5.74) is 2.12. The molecule has 22 heavy (non-hydrogen) atoms. The van der Waals surface area contributed by atoms with Crippen LogP contribution in [0.2, 0.25) is 0 Å². The van der Waals surface area contributed by atoms with Crippen molar-refractivity contribution >= 4 is 10.8 Å². The van der Waals surface area contributed by atoms with Crippen molar-refractivity contribution in [2.75, 3.05) is 0 Å². The smallest absolute Gasteiger partial charge is 0.0108 e. The zero-order valence-corrected chi connectivity index (χ0v) is 15.8. The van der Waals surface area contributed by atoms with Crippen LogP contribution in [-0.2, 0) is 0 Å². The van der Waals surface area contributed by atoms with Crippen LogP contribution in [-0.4, -0.2) is 0 Å². The average molecular weight is 299 g/mol. The highest BCUT2D eigenvalue weighted by atomic mass is 14.3. The van der Waals surface area contributed by atoms with Gasteiger partial charge in [0.2, 0.25) is 0 Å². The van der Waals surface area contributed by atoms with Crippen LogP contribution in [0.4, 0.5) is 0 Å². The maximum atomic E-state index is 2.39. The summed E-state index contributed by atoms with van der Waals surface area (Å²) >= 11 is 0. The molecule has 0 spiro atoms. The second kappa shape index (κ2) is 7.31. The minimum Gasteiger partial charge on any atom is -0.0683 e. The Bertz CT molecular complexity index is 579. The first-order chi connectivity index (χ1) is 10.2. The third-order valence-electron chi connectivity index (χ3n) is 4.04. The van der Waals surface area contributed by atoms with Gasteiger partial charge in [-0.25, -0.2) is 0 Å². The molecule has 0 heterocycles. The highest BCUT2D eigenvalue weighted by Gasteiger charge is 2.30. The van der Waals surface area contributed by atoms with Crippen molar-refractivity contribution in [3.63, 3.8) is 0 Å². The lowest BCUT2D eigenvalue weighted by Gasteiger charge is -2.36. The summed E-state index contributed by atoms with van der Waals surface area (Å²) in [6, 6.07) is 15.6. The number of hydrogen-bond acceptors (Lipinski definition) is 0. The molecule has 0 saturated carbocycles. The van der Waals surface area contributed by atoms with Crippen molar-refractivity contribution < 1.29 is 0 Å². The molecule has 1 unspecified atom stereocenters. The molecule has 0 saturated heterocycles. The van der Waals surface area contributed by atoms with Crippen LogP contribution < -0.4 is 0 Å². The third kappa shape index (κ3) is 5.16. The molecule has 1 atom stereocenters. The molecular weight excluding hydrogens is 264 g/mol. The summed E-state index contributed by atoms with van der Waals surface area (Å²) in [6.07, 6.45) is 1.22. The first kappa shape index (κ1) is 18.7. The molecule has 2 aromatic carbocycles. The molecule has 0 aromatic heterocycles. The van der Waals surface area contributed by atoms with Gasteiger partial charge in [-0.3, -0.25) is 0 Å². The fraction of sp³-hybridized carbons (Fsp3) is 0.545. The highest BCUT2D eigenvalue weighted by molar-refractivity contribution is 5.83. The van der Waals surface area contributed by atoms with Gasteiger partial charge in [-0.1, -0.05) is 97.9 Å². The van der Waals surface area contributed by atoms with Crippen molar-refractivity contribution in [2.45, 2.75) is 67.7 Å². The summed E-state index contributed by atoms with van der Waals surface area (Å²) in [4.78, 5) is 0. The van der Waals surface area contributed by atoms with Crippen LogP contribution in [0.25, 0.3) is 10.8 Å². The molecule has 0 fully saturated rings. The molecular formula is C22H34. The molecule has 2 aromatic rings. The van der Waals surface area contributed by atoms with Crippen molar-refractivity contribution in [3.8, 4) is 0 Å². The van der Waals surface area contributed by atoms with Gasteiger partial charge in [0.15, 0.2) is 0 Å². The van der Waals surface area contributed by atoms with E-state index >= 15 is 0 Å². The van der Waals surface area contributed by atoms with Crippen LogP contribution in [0.5, 0.6) is 0 Å². The molecule has 2 rings (SSSR count). The van der Waals surface area contributed by atoms with E-state index in [1.165, 1.54) is 22.8 Å². The van der Waals surface area contributed by atoms with E-state index in [-0.39, 0.29) is 5.41 Å². The van der Waals surface area contributed by atoms with Crippen LogP contribution in [0, 0.1) is 10.8 Å². The summed E-state index contributed by atoms with van der Waals surface area (Å²) in [7, 11) is 0. The van der Waals surface area contributed by atoms with E-state index in [0.29, 0.717) is 11.3 Å². The summed E-state index contributed by atoms with van der Waals surface area (Å²) < 4.78 is 0. The maximum absolute atomic E-state index is 2.39. The minimum absolute atomic E-state index is 0.287. The van der Waals surface area contributed by atoms with Gasteiger partial charge in [-0.2, -0.15) is 0 Å². The maximum Gasteiger partial charge on any atom is -0.0108 e. The van der Waals surface area contributed by atoms with Gasteiger partial charge in [0.05, 0.1) is 0 Å². The van der Waals surface area contributed by atoms with E-state index in [2.05, 4.69) is 84.0 Å². The van der Waals surface area contributed by atoms with E-state index in [4.69, 9.17) is 0 Å². The van der Waals surface area contributed by atoms with E-state index in [9.17, 15) is 0 Å². The first-order valence-electron chi connectivity index (χ1n) is 8.65. The molecule has 0 nitrogen and oxygen atoms in total. The van der Waals surface area contributed by atoms with Gasteiger partial charge in [0, 0.05) is 0 Å². The monoisotopic (exact) mass is 298 g/mol. The van der Waals surface area contributed by atoms with Gasteiger partial charge in [0.1, 0.15) is 0 Å². The fourth-order valence-corrected chi connectivity index (χ4v) is 2.96. The van der Waals surface area contributed by atoms with E-state index in [1.807, 2.05) is 13.8 Å². The van der Waals surface area contributed by atoms with Crippen LogP contribution in [0.15, 0.2) is 42.5 Å². The molecule has 0 heteroatoms. The lowest BCUT2D eigenvalue weighted by molar-refractivity contribution is 0.229. The topological polar surface area (TPSA) is 0 Å². The predicted octanol–water partition coefficient (Wildman–Crippen LogP) is 7.43. The molecule has 0 bridgehead atoms. The summed E-state index contributed by atoms with van der Waals surface area (Å²) in [6.45, 7) is 18.1. The lowest BCUT2D eigenvalue weighted by atomic mass is 9.69. The Morgan fingerprint density at radius 3 is 1.82 bits per heavy atom. The molecule has 0 amide bonds. The minimum atomic E-state index is 0.287. The van der Waals surface area contributed by atoms with Crippen LogP contribution >= 0.6 is 0 Å². The molecule has 122 valence electrons. The van der Waals surface area contributed by atoms with Crippen molar-refractivity contribution in [2.24, 2.45) is 10.8 Å². The Labute approximate surface area is 137 Å². The fourth-order valence-electron chi connectivity index (χ4n) is 2.96. The Morgan fingerprint density at radius 2 is 1.32 bits per heavy atom. The first-order valence-corrected chi connectivity index (χ1v) is 8.65. The second-order valence-electron chi connectivity index (χ2n) is 8.29. The van der Waals surface area contributed by atoms with Crippen LogP contribution in [0.1, 0.15) is 73.3 Å². The summed E-state index contributed by atoms with van der Waals surface area (Å²) in [5, 5.41) is 2.69.